The zero-order valence-electron chi connectivity index (χ0n) is 12.2. The Morgan fingerprint density at radius 3 is 2.05 bits per heavy atom. The van der Waals surface area contributed by atoms with Gasteiger partial charge in [0.2, 0.25) is 5.60 Å². The molecular weight excluding hydrogens is 278 g/mol. The number of aliphatic hydroxyl groups is 1. The molecular formula is C18H19NO3. The van der Waals surface area contributed by atoms with Crippen molar-refractivity contribution < 1.29 is 14.6 Å². The van der Waals surface area contributed by atoms with Crippen LogP contribution in [0.25, 0.3) is 0 Å². The highest BCUT2D eigenvalue weighted by Gasteiger charge is 2.42. The lowest BCUT2D eigenvalue weighted by atomic mass is 9.86. The highest BCUT2D eigenvalue weighted by molar-refractivity contribution is 5.85. The summed E-state index contributed by atoms with van der Waals surface area (Å²) in [5, 5.41) is 14.3. The van der Waals surface area contributed by atoms with E-state index in [1.165, 1.54) is 0 Å². The number of benzene rings is 2. The third-order valence-electron chi connectivity index (χ3n) is 3.97. The predicted octanol–water partition coefficient (Wildman–Crippen LogP) is 1.83. The second-order valence-corrected chi connectivity index (χ2v) is 5.46. The molecule has 1 aliphatic heterocycles. The van der Waals surface area contributed by atoms with Gasteiger partial charge < -0.3 is 15.2 Å². The zero-order chi connectivity index (χ0) is 15.4. The van der Waals surface area contributed by atoms with Gasteiger partial charge in [-0.1, -0.05) is 60.7 Å². The highest BCUT2D eigenvalue weighted by Crippen LogP contribution is 2.31. The molecule has 1 aliphatic rings. The lowest BCUT2D eigenvalue weighted by Gasteiger charge is -2.28. The Labute approximate surface area is 129 Å². The fourth-order valence-corrected chi connectivity index (χ4v) is 2.73. The number of hydrogen-bond donors (Lipinski definition) is 2. The highest BCUT2D eigenvalue weighted by atomic mass is 16.6. The minimum atomic E-state index is -1.79. The summed E-state index contributed by atoms with van der Waals surface area (Å²) in [5.74, 6) is -0.626. The van der Waals surface area contributed by atoms with E-state index in [-0.39, 0.29) is 6.10 Å². The van der Waals surface area contributed by atoms with Crippen molar-refractivity contribution in [2.24, 2.45) is 0 Å². The standard InChI is InChI=1S/C18H19NO3/c20-17(22-16-11-12-19-13-16)18(21,14-7-3-1-4-8-14)15-9-5-2-6-10-15/h1-10,16,19,21H,11-13H2/t16-/m1/s1. The molecule has 2 aromatic rings. The molecule has 0 aliphatic carbocycles. The topological polar surface area (TPSA) is 58.6 Å². The van der Waals surface area contributed by atoms with Crippen molar-refractivity contribution in [3.05, 3.63) is 71.8 Å². The van der Waals surface area contributed by atoms with Gasteiger partial charge in [-0.05, 0) is 24.1 Å². The second-order valence-electron chi connectivity index (χ2n) is 5.46. The largest absolute Gasteiger partial charge is 0.458 e. The van der Waals surface area contributed by atoms with Crippen molar-refractivity contribution in [3.8, 4) is 0 Å². The number of carbonyl (C=O) groups excluding carboxylic acids is 1. The minimum Gasteiger partial charge on any atom is -0.458 e. The van der Waals surface area contributed by atoms with Crippen LogP contribution in [0.15, 0.2) is 60.7 Å². The average molecular weight is 297 g/mol. The van der Waals surface area contributed by atoms with Gasteiger partial charge in [-0.25, -0.2) is 4.79 Å². The van der Waals surface area contributed by atoms with E-state index < -0.39 is 11.6 Å². The number of ether oxygens (including phenoxy) is 1. The molecule has 2 aromatic carbocycles. The van der Waals surface area contributed by atoms with Crippen molar-refractivity contribution >= 4 is 5.97 Å². The Morgan fingerprint density at radius 1 is 1.05 bits per heavy atom. The summed E-state index contributed by atoms with van der Waals surface area (Å²) in [6.07, 6.45) is 0.581. The summed E-state index contributed by atoms with van der Waals surface area (Å²) in [6, 6.07) is 17.8. The van der Waals surface area contributed by atoms with E-state index in [1.807, 2.05) is 12.1 Å². The molecule has 0 aromatic heterocycles. The van der Waals surface area contributed by atoms with Crippen LogP contribution in [0, 0.1) is 0 Å². The lowest BCUT2D eigenvalue weighted by Crippen LogP contribution is -2.40. The van der Waals surface area contributed by atoms with Gasteiger partial charge in [0, 0.05) is 6.54 Å². The smallest absolute Gasteiger partial charge is 0.348 e. The van der Waals surface area contributed by atoms with Crippen LogP contribution < -0.4 is 5.32 Å². The van der Waals surface area contributed by atoms with Gasteiger partial charge in [0.05, 0.1) is 0 Å². The molecule has 1 heterocycles. The van der Waals surface area contributed by atoms with Gasteiger partial charge >= 0.3 is 5.97 Å². The quantitative estimate of drug-likeness (QED) is 0.845. The molecule has 1 atom stereocenters. The van der Waals surface area contributed by atoms with E-state index >= 15 is 0 Å². The van der Waals surface area contributed by atoms with Gasteiger partial charge in [-0.15, -0.1) is 0 Å². The van der Waals surface area contributed by atoms with Crippen molar-refractivity contribution in [1.29, 1.82) is 0 Å². The first kappa shape index (κ1) is 14.8. The maximum atomic E-state index is 12.7. The molecule has 2 N–H and O–H groups in total. The van der Waals surface area contributed by atoms with E-state index in [0.717, 1.165) is 13.0 Å². The maximum Gasteiger partial charge on any atom is 0.348 e. The molecule has 3 rings (SSSR count). The van der Waals surface area contributed by atoms with Crippen LogP contribution in [-0.4, -0.2) is 30.3 Å². The monoisotopic (exact) mass is 297 g/mol. The fraction of sp³-hybridized carbons (Fsp3) is 0.278. The molecule has 0 amide bonds. The SMILES string of the molecule is O=C(O[C@@H]1CCNC1)C(O)(c1ccccc1)c1ccccc1. The van der Waals surface area contributed by atoms with Crippen LogP contribution in [0.4, 0.5) is 0 Å². The maximum absolute atomic E-state index is 12.7. The molecule has 114 valence electrons. The molecule has 0 spiro atoms. The summed E-state index contributed by atoms with van der Waals surface area (Å²) in [6.45, 7) is 1.46. The van der Waals surface area contributed by atoms with Gasteiger partial charge in [-0.3, -0.25) is 0 Å². The molecule has 0 unspecified atom stereocenters. The second kappa shape index (κ2) is 6.30. The van der Waals surface area contributed by atoms with Crippen LogP contribution in [-0.2, 0) is 15.1 Å². The number of nitrogens with one attached hydrogen (secondary N) is 1. The first-order valence-corrected chi connectivity index (χ1v) is 7.46. The fourth-order valence-electron chi connectivity index (χ4n) is 2.73. The van der Waals surface area contributed by atoms with Crippen LogP contribution in [0.3, 0.4) is 0 Å². The summed E-state index contributed by atoms with van der Waals surface area (Å²) >= 11 is 0. The molecule has 1 saturated heterocycles. The Bertz CT molecular complexity index is 582. The van der Waals surface area contributed by atoms with Crippen molar-refractivity contribution in [3.63, 3.8) is 0 Å². The van der Waals surface area contributed by atoms with Crippen molar-refractivity contribution in [2.75, 3.05) is 13.1 Å². The Hall–Kier alpha value is -2.17. The summed E-state index contributed by atoms with van der Waals surface area (Å²) < 4.78 is 5.53. The van der Waals surface area contributed by atoms with Gasteiger partial charge in [0.1, 0.15) is 6.10 Å². The van der Waals surface area contributed by atoms with E-state index in [9.17, 15) is 9.90 Å². The number of esters is 1. The van der Waals surface area contributed by atoms with Gasteiger partial charge in [-0.2, -0.15) is 0 Å². The van der Waals surface area contributed by atoms with E-state index in [1.54, 1.807) is 48.5 Å². The van der Waals surface area contributed by atoms with Gasteiger partial charge in [0.15, 0.2) is 0 Å². The summed E-state index contributed by atoms with van der Waals surface area (Å²) in [7, 11) is 0. The number of rotatable bonds is 4. The van der Waals surface area contributed by atoms with E-state index in [4.69, 9.17) is 4.74 Å². The lowest BCUT2D eigenvalue weighted by molar-refractivity contribution is -0.167. The first-order valence-electron chi connectivity index (χ1n) is 7.46. The van der Waals surface area contributed by atoms with E-state index in [2.05, 4.69) is 5.32 Å². The van der Waals surface area contributed by atoms with Crippen molar-refractivity contribution in [2.45, 2.75) is 18.1 Å². The van der Waals surface area contributed by atoms with Crippen LogP contribution in [0.2, 0.25) is 0 Å². The first-order chi connectivity index (χ1) is 10.7. The Morgan fingerprint density at radius 2 is 1.59 bits per heavy atom. The molecule has 1 fully saturated rings. The zero-order valence-corrected chi connectivity index (χ0v) is 12.2. The molecule has 0 bridgehead atoms. The predicted molar refractivity (Wildman–Crippen MR) is 83.2 cm³/mol. The van der Waals surface area contributed by atoms with Crippen LogP contribution in [0.1, 0.15) is 17.5 Å². The number of hydrogen-bond acceptors (Lipinski definition) is 4. The molecule has 0 radical (unpaired) electrons. The van der Waals surface area contributed by atoms with Gasteiger partial charge in [0.25, 0.3) is 0 Å². The molecule has 0 saturated carbocycles. The number of carbonyl (C=O) groups is 1. The van der Waals surface area contributed by atoms with E-state index in [0.29, 0.717) is 17.7 Å². The van der Waals surface area contributed by atoms with Crippen molar-refractivity contribution in [1.82, 2.24) is 5.32 Å². The average Bonchev–Trinajstić information content (AvgIpc) is 3.08. The van der Waals surface area contributed by atoms with Crippen LogP contribution >= 0.6 is 0 Å². The summed E-state index contributed by atoms with van der Waals surface area (Å²) in [4.78, 5) is 12.7. The molecule has 4 nitrogen and oxygen atoms in total. The summed E-state index contributed by atoms with van der Waals surface area (Å²) in [5.41, 5.74) is -0.764. The minimum absolute atomic E-state index is 0.188. The molecule has 22 heavy (non-hydrogen) atoms. The normalized spacial score (nSPS) is 18.1. The third kappa shape index (κ3) is 2.75. The Balaban J connectivity index is 1.97. The Kier molecular flexibility index (Phi) is 4.22. The molecule has 4 heteroatoms. The third-order valence-corrected chi connectivity index (χ3v) is 3.97. The van der Waals surface area contributed by atoms with Crippen LogP contribution in [0.5, 0.6) is 0 Å².